The average Bonchev–Trinajstić information content (AvgIpc) is 3.01. The van der Waals surface area contributed by atoms with Crippen LogP contribution in [0.2, 0.25) is 5.02 Å². The van der Waals surface area contributed by atoms with Gasteiger partial charge in [0.1, 0.15) is 5.75 Å². The second-order valence-corrected chi connectivity index (χ2v) is 6.66. The molecule has 1 heterocycles. The molecule has 2 aromatic carbocycles. The standard InChI is InChI=1S/C20H21ClN2O3/c1-3-26-18-7-5-4-6-17(18)22-20(25)14-10-19(24)23(12-14)15-9-8-13(2)16(21)11-15/h4-9,11,14H,3,10,12H2,1-2H3,(H,22,25)/t14-/m0/s1. The molecule has 0 radical (unpaired) electrons. The van der Waals surface area contributed by atoms with Gasteiger partial charge < -0.3 is 15.0 Å². The molecule has 6 heteroatoms. The highest BCUT2D eigenvalue weighted by atomic mass is 35.5. The van der Waals surface area contributed by atoms with Gasteiger partial charge in [-0.1, -0.05) is 29.8 Å². The summed E-state index contributed by atoms with van der Waals surface area (Å²) in [6, 6.07) is 12.8. The van der Waals surface area contributed by atoms with Gasteiger partial charge in [-0.25, -0.2) is 0 Å². The third-order valence-electron chi connectivity index (χ3n) is 4.41. The van der Waals surface area contributed by atoms with Crippen LogP contribution in [0.3, 0.4) is 0 Å². The monoisotopic (exact) mass is 372 g/mol. The van der Waals surface area contributed by atoms with Crippen molar-refractivity contribution in [2.75, 3.05) is 23.4 Å². The Balaban J connectivity index is 1.72. The zero-order chi connectivity index (χ0) is 18.7. The number of aryl methyl sites for hydroxylation is 1. The maximum atomic E-state index is 12.6. The largest absolute Gasteiger partial charge is 0.492 e. The Hall–Kier alpha value is -2.53. The summed E-state index contributed by atoms with van der Waals surface area (Å²) in [6.45, 7) is 4.64. The smallest absolute Gasteiger partial charge is 0.229 e. The molecule has 1 aliphatic rings. The molecule has 2 aromatic rings. The van der Waals surface area contributed by atoms with Crippen molar-refractivity contribution in [3.05, 3.63) is 53.1 Å². The van der Waals surface area contributed by atoms with Crippen molar-refractivity contribution in [3.8, 4) is 5.75 Å². The summed E-state index contributed by atoms with van der Waals surface area (Å²) in [4.78, 5) is 26.6. The lowest BCUT2D eigenvalue weighted by atomic mass is 10.1. The van der Waals surface area contributed by atoms with Crippen LogP contribution < -0.4 is 15.0 Å². The zero-order valence-corrected chi connectivity index (χ0v) is 15.5. The second kappa shape index (κ2) is 7.79. The SMILES string of the molecule is CCOc1ccccc1NC(=O)[C@H]1CC(=O)N(c2ccc(C)c(Cl)c2)C1. The number of halogens is 1. The summed E-state index contributed by atoms with van der Waals surface area (Å²) >= 11 is 6.16. The first-order chi connectivity index (χ1) is 12.5. The molecule has 0 aromatic heterocycles. The minimum atomic E-state index is -0.419. The van der Waals surface area contributed by atoms with Crippen molar-refractivity contribution in [1.29, 1.82) is 0 Å². The molecule has 0 unspecified atom stereocenters. The minimum Gasteiger partial charge on any atom is -0.492 e. The van der Waals surface area contributed by atoms with Crippen LogP contribution in [0.5, 0.6) is 5.75 Å². The first-order valence-corrected chi connectivity index (χ1v) is 8.96. The van der Waals surface area contributed by atoms with Crippen LogP contribution >= 0.6 is 11.6 Å². The lowest BCUT2D eigenvalue weighted by Gasteiger charge is -2.18. The number of benzene rings is 2. The molecule has 1 atom stereocenters. The lowest BCUT2D eigenvalue weighted by Crippen LogP contribution is -2.28. The van der Waals surface area contributed by atoms with Crippen molar-refractivity contribution in [2.45, 2.75) is 20.3 Å². The van der Waals surface area contributed by atoms with Gasteiger partial charge in [-0.2, -0.15) is 0 Å². The molecular formula is C20H21ClN2O3. The molecule has 0 aliphatic carbocycles. The average molecular weight is 373 g/mol. The van der Waals surface area contributed by atoms with Gasteiger partial charge in [-0.15, -0.1) is 0 Å². The van der Waals surface area contributed by atoms with Crippen molar-refractivity contribution in [2.24, 2.45) is 5.92 Å². The van der Waals surface area contributed by atoms with E-state index in [0.717, 1.165) is 11.3 Å². The Labute approximate surface area is 157 Å². The van der Waals surface area contributed by atoms with Gasteiger partial charge in [0.05, 0.1) is 18.2 Å². The zero-order valence-electron chi connectivity index (χ0n) is 14.8. The van der Waals surface area contributed by atoms with Crippen molar-refractivity contribution < 1.29 is 14.3 Å². The van der Waals surface area contributed by atoms with Crippen molar-refractivity contribution in [3.63, 3.8) is 0 Å². The van der Waals surface area contributed by atoms with E-state index in [1.165, 1.54) is 0 Å². The quantitative estimate of drug-likeness (QED) is 0.861. The highest BCUT2D eigenvalue weighted by Crippen LogP contribution is 2.30. The van der Waals surface area contributed by atoms with Crippen LogP contribution in [0, 0.1) is 12.8 Å². The number of hydrogen-bond acceptors (Lipinski definition) is 3. The Morgan fingerprint density at radius 1 is 1.31 bits per heavy atom. The fraction of sp³-hybridized carbons (Fsp3) is 0.300. The van der Waals surface area contributed by atoms with E-state index in [1.807, 2.05) is 38.1 Å². The number of nitrogens with zero attached hydrogens (tertiary/aromatic N) is 1. The number of para-hydroxylation sites is 2. The fourth-order valence-electron chi connectivity index (χ4n) is 2.97. The van der Waals surface area contributed by atoms with E-state index in [-0.39, 0.29) is 18.2 Å². The normalized spacial score (nSPS) is 16.7. The highest BCUT2D eigenvalue weighted by Gasteiger charge is 2.35. The van der Waals surface area contributed by atoms with Crippen molar-refractivity contribution >= 4 is 34.8 Å². The Bertz CT molecular complexity index is 838. The Morgan fingerprint density at radius 2 is 2.08 bits per heavy atom. The van der Waals surface area contributed by atoms with E-state index in [2.05, 4.69) is 5.32 Å². The molecule has 136 valence electrons. The first-order valence-electron chi connectivity index (χ1n) is 8.58. The summed E-state index contributed by atoms with van der Waals surface area (Å²) in [7, 11) is 0. The molecule has 5 nitrogen and oxygen atoms in total. The molecule has 3 rings (SSSR count). The second-order valence-electron chi connectivity index (χ2n) is 6.26. The molecule has 1 saturated heterocycles. The summed E-state index contributed by atoms with van der Waals surface area (Å²) < 4.78 is 5.53. The third kappa shape index (κ3) is 3.83. The Morgan fingerprint density at radius 3 is 2.81 bits per heavy atom. The van der Waals surface area contributed by atoms with E-state index >= 15 is 0 Å². The van der Waals surface area contributed by atoms with E-state index in [1.54, 1.807) is 23.1 Å². The minimum absolute atomic E-state index is 0.0804. The number of hydrogen-bond donors (Lipinski definition) is 1. The van der Waals surface area contributed by atoms with Gasteiger partial charge in [0.15, 0.2) is 0 Å². The molecule has 0 spiro atoms. The van der Waals surface area contributed by atoms with Crippen LogP contribution in [0.1, 0.15) is 18.9 Å². The number of rotatable bonds is 5. The van der Waals surface area contributed by atoms with Crippen LogP contribution in [0.4, 0.5) is 11.4 Å². The molecule has 2 amide bonds. The predicted octanol–water partition coefficient (Wildman–Crippen LogP) is 4.04. The van der Waals surface area contributed by atoms with Crippen LogP contribution in [-0.4, -0.2) is 25.0 Å². The number of carbonyl (C=O) groups is 2. The van der Waals surface area contributed by atoms with E-state index < -0.39 is 5.92 Å². The molecule has 0 bridgehead atoms. The highest BCUT2D eigenvalue weighted by molar-refractivity contribution is 6.31. The maximum absolute atomic E-state index is 12.6. The molecule has 1 N–H and O–H groups in total. The van der Waals surface area contributed by atoms with E-state index in [9.17, 15) is 9.59 Å². The van der Waals surface area contributed by atoms with E-state index in [4.69, 9.17) is 16.3 Å². The Kier molecular flexibility index (Phi) is 5.47. The van der Waals surface area contributed by atoms with E-state index in [0.29, 0.717) is 29.6 Å². The van der Waals surface area contributed by atoms with Gasteiger partial charge in [-0.3, -0.25) is 9.59 Å². The van der Waals surface area contributed by atoms with Gasteiger partial charge in [0.2, 0.25) is 11.8 Å². The van der Waals surface area contributed by atoms with Crippen molar-refractivity contribution in [1.82, 2.24) is 0 Å². The number of amides is 2. The lowest BCUT2D eigenvalue weighted by molar-refractivity contribution is -0.122. The van der Waals surface area contributed by atoms with Gasteiger partial charge in [0, 0.05) is 23.7 Å². The van der Waals surface area contributed by atoms with Gasteiger partial charge in [0.25, 0.3) is 0 Å². The molecule has 0 saturated carbocycles. The van der Waals surface area contributed by atoms with Gasteiger partial charge in [-0.05, 0) is 43.7 Å². The summed E-state index contributed by atoms with van der Waals surface area (Å²) in [6.07, 6.45) is 0.175. The maximum Gasteiger partial charge on any atom is 0.229 e. The van der Waals surface area contributed by atoms with Crippen LogP contribution in [0.25, 0.3) is 0 Å². The summed E-state index contributed by atoms with van der Waals surface area (Å²) in [5.41, 5.74) is 2.28. The topological polar surface area (TPSA) is 58.6 Å². The number of ether oxygens (including phenoxy) is 1. The predicted molar refractivity (Wildman–Crippen MR) is 103 cm³/mol. The molecule has 1 fully saturated rings. The molecule has 26 heavy (non-hydrogen) atoms. The van der Waals surface area contributed by atoms with Crippen LogP contribution in [-0.2, 0) is 9.59 Å². The third-order valence-corrected chi connectivity index (χ3v) is 4.81. The fourth-order valence-corrected chi connectivity index (χ4v) is 3.14. The molecular weight excluding hydrogens is 352 g/mol. The van der Waals surface area contributed by atoms with Crippen LogP contribution in [0.15, 0.2) is 42.5 Å². The number of anilines is 2. The van der Waals surface area contributed by atoms with Gasteiger partial charge >= 0.3 is 0 Å². The summed E-state index contributed by atoms with van der Waals surface area (Å²) in [5.74, 6) is -0.0681. The number of carbonyl (C=O) groups excluding carboxylic acids is 2. The first kappa shape index (κ1) is 18.3. The number of nitrogens with one attached hydrogen (secondary N) is 1. The summed E-state index contributed by atoms with van der Waals surface area (Å²) in [5, 5.41) is 3.49. The molecule has 1 aliphatic heterocycles.